The summed E-state index contributed by atoms with van der Waals surface area (Å²) < 4.78 is 15.3. The van der Waals surface area contributed by atoms with Gasteiger partial charge < -0.3 is 4.57 Å². The molecule has 0 radical (unpaired) electrons. The second-order valence-electron chi connectivity index (χ2n) is 5.25. The predicted octanol–water partition coefficient (Wildman–Crippen LogP) is 2.08. The zero-order valence-electron chi connectivity index (χ0n) is 11.9. The molecule has 22 heavy (non-hydrogen) atoms. The molecule has 116 valence electrons. The van der Waals surface area contributed by atoms with Crippen LogP contribution in [0.2, 0.25) is 5.02 Å². The molecule has 3 rings (SSSR count). The van der Waals surface area contributed by atoms with Gasteiger partial charge in [-0.3, -0.25) is 15.6 Å². The van der Waals surface area contributed by atoms with Crippen molar-refractivity contribution in [3.8, 4) is 0 Å². The van der Waals surface area contributed by atoms with Gasteiger partial charge >= 0.3 is 0 Å². The van der Waals surface area contributed by atoms with Crippen LogP contribution >= 0.6 is 11.6 Å². The van der Waals surface area contributed by atoms with Crippen molar-refractivity contribution in [1.82, 2.24) is 20.2 Å². The van der Waals surface area contributed by atoms with E-state index >= 15 is 0 Å². The van der Waals surface area contributed by atoms with Gasteiger partial charge in [0.2, 0.25) is 5.91 Å². The summed E-state index contributed by atoms with van der Waals surface area (Å²) in [5.74, 6) is 0.860. The fourth-order valence-electron chi connectivity index (χ4n) is 2.49. The second-order valence-corrected chi connectivity index (χ2v) is 5.66. The average Bonchev–Trinajstić information content (AvgIpc) is 2.89. The van der Waals surface area contributed by atoms with Gasteiger partial charge in [-0.1, -0.05) is 11.6 Å². The highest BCUT2D eigenvalue weighted by Crippen LogP contribution is 2.21. The minimum Gasteiger partial charge on any atom is -0.314 e. The van der Waals surface area contributed by atoms with E-state index in [9.17, 15) is 9.18 Å². The SMILES string of the molecule is Cc1nnc2n1CC(C(=O)NNc1ccc(Cl)c(F)c1)CC2. The maximum atomic E-state index is 13.3. The van der Waals surface area contributed by atoms with Crippen LogP contribution in [0.1, 0.15) is 18.1 Å². The van der Waals surface area contributed by atoms with E-state index in [1.54, 1.807) is 6.07 Å². The summed E-state index contributed by atoms with van der Waals surface area (Å²) in [7, 11) is 0. The summed E-state index contributed by atoms with van der Waals surface area (Å²) in [4.78, 5) is 12.2. The van der Waals surface area contributed by atoms with E-state index in [2.05, 4.69) is 21.0 Å². The number of rotatable bonds is 3. The van der Waals surface area contributed by atoms with Crippen molar-refractivity contribution in [2.45, 2.75) is 26.3 Å². The van der Waals surface area contributed by atoms with Gasteiger partial charge in [0.15, 0.2) is 0 Å². The number of benzene rings is 1. The Morgan fingerprint density at radius 1 is 1.45 bits per heavy atom. The lowest BCUT2D eigenvalue weighted by Gasteiger charge is -2.23. The van der Waals surface area contributed by atoms with Crippen molar-refractivity contribution in [2.24, 2.45) is 5.92 Å². The van der Waals surface area contributed by atoms with E-state index in [1.807, 2.05) is 11.5 Å². The van der Waals surface area contributed by atoms with Crippen molar-refractivity contribution < 1.29 is 9.18 Å². The fourth-order valence-corrected chi connectivity index (χ4v) is 2.60. The Morgan fingerprint density at radius 3 is 3.05 bits per heavy atom. The highest BCUT2D eigenvalue weighted by atomic mass is 35.5. The summed E-state index contributed by atoms with van der Waals surface area (Å²) in [6.45, 7) is 2.42. The molecule has 8 heteroatoms. The van der Waals surface area contributed by atoms with Crippen LogP contribution in [-0.2, 0) is 17.8 Å². The van der Waals surface area contributed by atoms with Crippen molar-refractivity contribution in [1.29, 1.82) is 0 Å². The van der Waals surface area contributed by atoms with Crippen molar-refractivity contribution in [2.75, 3.05) is 5.43 Å². The maximum Gasteiger partial charge on any atom is 0.243 e. The number of fused-ring (bicyclic) bond motifs is 1. The standard InChI is InChI=1S/C14H15ClFN5O/c1-8-17-19-13-5-2-9(7-21(8)13)14(22)20-18-10-3-4-11(15)12(16)6-10/h3-4,6,9,18H,2,5,7H2,1H3,(H,20,22). The molecular weight excluding hydrogens is 309 g/mol. The number of carbonyl (C=O) groups is 1. The molecule has 0 fully saturated rings. The number of hydrogen-bond donors (Lipinski definition) is 2. The molecule has 6 nitrogen and oxygen atoms in total. The predicted molar refractivity (Wildman–Crippen MR) is 79.7 cm³/mol. The van der Waals surface area contributed by atoms with Gasteiger partial charge in [-0.2, -0.15) is 0 Å². The van der Waals surface area contributed by atoms with Gasteiger partial charge in [0, 0.05) is 19.0 Å². The second kappa shape index (κ2) is 5.92. The highest BCUT2D eigenvalue weighted by molar-refractivity contribution is 6.30. The first-order valence-corrected chi connectivity index (χ1v) is 7.32. The monoisotopic (exact) mass is 323 g/mol. The Bertz CT molecular complexity index is 717. The Hall–Kier alpha value is -2.15. The highest BCUT2D eigenvalue weighted by Gasteiger charge is 2.26. The van der Waals surface area contributed by atoms with Crippen LogP contribution in [0.5, 0.6) is 0 Å². The number of nitrogens with one attached hydrogen (secondary N) is 2. The van der Waals surface area contributed by atoms with Crippen LogP contribution in [-0.4, -0.2) is 20.7 Å². The first-order valence-electron chi connectivity index (χ1n) is 6.94. The van der Waals surface area contributed by atoms with Crippen molar-refractivity contribution >= 4 is 23.2 Å². The van der Waals surface area contributed by atoms with Gasteiger partial charge in [-0.05, 0) is 25.5 Å². The third-order valence-corrected chi connectivity index (χ3v) is 4.06. The summed E-state index contributed by atoms with van der Waals surface area (Å²) in [5.41, 5.74) is 5.75. The minimum atomic E-state index is -0.539. The third kappa shape index (κ3) is 2.89. The Kier molecular flexibility index (Phi) is 3.98. The maximum absolute atomic E-state index is 13.3. The molecule has 0 saturated carbocycles. The summed E-state index contributed by atoms with van der Waals surface area (Å²) in [6, 6.07) is 4.25. The number of anilines is 1. The van der Waals surface area contributed by atoms with Gasteiger partial charge in [0.05, 0.1) is 16.6 Å². The molecule has 2 N–H and O–H groups in total. The quantitative estimate of drug-likeness (QED) is 0.848. The first-order chi connectivity index (χ1) is 10.5. The van der Waals surface area contributed by atoms with Crippen LogP contribution in [0, 0.1) is 18.7 Å². The minimum absolute atomic E-state index is 0.0415. The summed E-state index contributed by atoms with van der Waals surface area (Å²) >= 11 is 5.61. The number of aromatic nitrogens is 3. The molecule has 2 heterocycles. The third-order valence-electron chi connectivity index (χ3n) is 3.75. The zero-order valence-corrected chi connectivity index (χ0v) is 12.7. The first kappa shape index (κ1) is 14.8. The van der Waals surface area contributed by atoms with Gasteiger partial charge in [0.25, 0.3) is 0 Å². The number of carbonyl (C=O) groups excluding carboxylic acids is 1. The van der Waals surface area contributed by atoms with E-state index in [1.165, 1.54) is 12.1 Å². The lowest BCUT2D eigenvalue weighted by Crippen LogP contribution is -2.39. The Labute approximate surface area is 131 Å². The molecule has 1 aromatic heterocycles. The molecule has 1 amide bonds. The molecule has 2 aromatic rings. The summed E-state index contributed by atoms with van der Waals surface area (Å²) in [6.07, 6.45) is 1.43. The summed E-state index contributed by atoms with van der Waals surface area (Å²) in [5, 5.41) is 8.13. The lowest BCUT2D eigenvalue weighted by molar-refractivity contribution is -0.125. The van der Waals surface area contributed by atoms with Gasteiger partial charge in [-0.15, -0.1) is 10.2 Å². The zero-order chi connectivity index (χ0) is 15.7. The number of amides is 1. The topological polar surface area (TPSA) is 71.8 Å². The van der Waals surface area contributed by atoms with Crippen molar-refractivity contribution in [3.05, 3.63) is 40.7 Å². The Balaban J connectivity index is 1.61. The molecule has 0 aliphatic carbocycles. The van der Waals surface area contributed by atoms with E-state index in [4.69, 9.17) is 11.6 Å². The van der Waals surface area contributed by atoms with Crippen molar-refractivity contribution in [3.63, 3.8) is 0 Å². The fraction of sp³-hybridized carbons (Fsp3) is 0.357. The molecule has 1 aliphatic heterocycles. The lowest BCUT2D eigenvalue weighted by atomic mass is 9.99. The van der Waals surface area contributed by atoms with E-state index in [-0.39, 0.29) is 16.8 Å². The van der Waals surface area contributed by atoms with Crippen LogP contribution in [0.3, 0.4) is 0 Å². The number of hydrogen-bond acceptors (Lipinski definition) is 4. The molecule has 1 aliphatic rings. The largest absolute Gasteiger partial charge is 0.314 e. The normalized spacial score (nSPS) is 17.0. The number of aryl methyl sites for hydroxylation is 2. The smallest absolute Gasteiger partial charge is 0.243 e. The van der Waals surface area contributed by atoms with Crippen LogP contribution < -0.4 is 10.9 Å². The number of hydrazine groups is 1. The average molecular weight is 324 g/mol. The van der Waals surface area contributed by atoms with Gasteiger partial charge in [-0.25, -0.2) is 4.39 Å². The molecular formula is C14H15ClFN5O. The Morgan fingerprint density at radius 2 is 2.27 bits per heavy atom. The van der Waals surface area contributed by atoms with Gasteiger partial charge in [0.1, 0.15) is 17.5 Å². The molecule has 0 spiro atoms. The molecule has 0 saturated heterocycles. The van der Waals surface area contributed by atoms with E-state index < -0.39 is 5.82 Å². The molecule has 1 atom stereocenters. The molecule has 1 aromatic carbocycles. The molecule has 0 bridgehead atoms. The van der Waals surface area contributed by atoms with E-state index in [0.717, 1.165) is 11.6 Å². The van der Waals surface area contributed by atoms with Crippen LogP contribution in [0.15, 0.2) is 18.2 Å². The van der Waals surface area contributed by atoms with E-state index in [0.29, 0.717) is 25.1 Å². The number of nitrogens with zero attached hydrogens (tertiary/aromatic N) is 3. The van der Waals surface area contributed by atoms with Crippen LogP contribution in [0.4, 0.5) is 10.1 Å². The van der Waals surface area contributed by atoms with Crippen LogP contribution in [0.25, 0.3) is 0 Å². The number of halogens is 2. The molecule has 1 unspecified atom stereocenters.